The molecule has 1 aliphatic rings. The molecule has 0 saturated carbocycles. The molecule has 1 heterocycles. The maximum absolute atomic E-state index is 12.3. The van der Waals surface area contributed by atoms with Crippen LogP contribution < -0.4 is 5.73 Å². The minimum Gasteiger partial charge on any atom is -0.372 e. The lowest BCUT2D eigenvalue weighted by Crippen LogP contribution is -2.51. The number of carbonyl (C=O) groups excluding carboxylic acids is 1. The number of carbonyl (C=O) groups is 1. The molecule has 4 heteroatoms. The maximum Gasteiger partial charge on any atom is 0.227 e. The Balaban J connectivity index is 2.60. The molecular weight excluding hydrogens is 216 g/mol. The zero-order valence-corrected chi connectivity index (χ0v) is 11.5. The van der Waals surface area contributed by atoms with Crippen LogP contribution in [0.25, 0.3) is 0 Å². The molecule has 0 spiro atoms. The average molecular weight is 242 g/mol. The van der Waals surface area contributed by atoms with Gasteiger partial charge in [0.05, 0.1) is 18.1 Å². The molecule has 17 heavy (non-hydrogen) atoms. The molecule has 0 bridgehead atoms. The van der Waals surface area contributed by atoms with E-state index in [1.54, 1.807) is 0 Å². The summed E-state index contributed by atoms with van der Waals surface area (Å²) in [6, 6.07) is 0. The van der Waals surface area contributed by atoms with Gasteiger partial charge in [0.15, 0.2) is 0 Å². The van der Waals surface area contributed by atoms with Crippen molar-refractivity contribution < 1.29 is 9.53 Å². The molecule has 1 amide bonds. The largest absolute Gasteiger partial charge is 0.372 e. The number of hydrogen-bond donors (Lipinski definition) is 1. The number of morpholine rings is 1. The van der Waals surface area contributed by atoms with Gasteiger partial charge in [0.2, 0.25) is 5.91 Å². The summed E-state index contributed by atoms with van der Waals surface area (Å²) in [6.45, 7) is 10.1. The highest BCUT2D eigenvalue weighted by Gasteiger charge is 2.30. The third-order valence-corrected chi connectivity index (χ3v) is 3.12. The quantitative estimate of drug-likeness (QED) is 0.807. The Kier molecular flexibility index (Phi) is 5.40. The molecule has 1 aliphatic heterocycles. The first-order valence-electron chi connectivity index (χ1n) is 6.58. The first-order chi connectivity index (χ1) is 7.93. The van der Waals surface area contributed by atoms with E-state index < -0.39 is 0 Å². The van der Waals surface area contributed by atoms with Gasteiger partial charge in [0.1, 0.15) is 0 Å². The lowest BCUT2D eigenvalue weighted by atomic mass is 9.95. The van der Waals surface area contributed by atoms with Gasteiger partial charge in [-0.15, -0.1) is 0 Å². The van der Waals surface area contributed by atoms with Crippen molar-refractivity contribution >= 4 is 5.91 Å². The van der Waals surface area contributed by atoms with E-state index in [-0.39, 0.29) is 24.0 Å². The van der Waals surface area contributed by atoms with Crippen molar-refractivity contribution in [3.63, 3.8) is 0 Å². The molecule has 0 aromatic rings. The monoisotopic (exact) mass is 242 g/mol. The van der Waals surface area contributed by atoms with E-state index in [2.05, 4.69) is 13.8 Å². The summed E-state index contributed by atoms with van der Waals surface area (Å²) in [4.78, 5) is 14.3. The zero-order chi connectivity index (χ0) is 13.0. The standard InChI is InChI=1S/C13H26N2O2/c1-9(2)5-12(6-14)13(16)15-7-10(3)17-11(4)8-15/h9-12H,5-8,14H2,1-4H3/t10-,11+,12?. The van der Waals surface area contributed by atoms with E-state index in [1.807, 2.05) is 18.7 Å². The second kappa shape index (κ2) is 6.36. The van der Waals surface area contributed by atoms with Crippen LogP contribution in [0, 0.1) is 11.8 Å². The second-order valence-corrected chi connectivity index (χ2v) is 5.56. The van der Waals surface area contributed by atoms with Gasteiger partial charge in [-0.3, -0.25) is 4.79 Å². The summed E-state index contributed by atoms with van der Waals surface area (Å²) >= 11 is 0. The Morgan fingerprint density at radius 1 is 1.35 bits per heavy atom. The van der Waals surface area contributed by atoms with E-state index in [0.717, 1.165) is 6.42 Å². The van der Waals surface area contributed by atoms with Crippen LogP contribution in [-0.2, 0) is 9.53 Å². The summed E-state index contributed by atoms with van der Waals surface area (Å²) in [5.41, 5.74) is 5.72. The van der Waals surface area contributed by atoms with E-state index in [1.165, 1.54) is 0 Å². The van der Waals surface area contributed by atoms with Crippen LogP contribution in [0.5, 0.6) is 0 Å². The lowest BCUT2D eigenvalue weighted by Gasteiger charge is -2.37. The normalized spacial score (nSPS) is 27.3. The van der Waals surface area contributed by atoms with Gasteiger partial charge in [-0.05, 0) is 26.2 Å². The molecule has 0 aromatic carbocycles. The fourth-order valence-corrected chi connectivity index (χ4v) is 2.48. The summed E-state index contributed by atoms with van der Waals surface area (Å²) in [6.07, 6.45) is 1.12. The van der Waals surface area contributed by atoms with Gasteiger partial charge in [-0.2, -0.15) is 0 Å². The van der Waals surface area contributed by atoms with Crippen molar-refractivity contribution in [2.45, 2.75) is 46.3 Å². The zero-order valence-electron chi connectivity index (χ0n) is 11.5. The molecule has 4 nitrogen and oxygen atoms in total. The van der Waals surface area contributed by atoms with Crippen molar-refractivity contribution in [1.29, 1.82) is 0 Å². The Morgan fingerprint density at radius 3 is 2.29 bits per heavy atom. The lowest BCUT2D eigenvalue weighted by molar-refractivity contribution is -0.147. The van der Waals surface area contributed by atoms with Crippen LogP contribution in [0.4, 0.5) is 0 Å². The molecule has 3 atom stereocenters. The second-order valence-electron chi connectivity index (χ2n) is 5.56. The summed E-state index contributed by atoms with van der Waals surface area (Å²) in [7, 11) is 0. The number of ether oxygens (including phenoxy) is 1. The van der Waals surface area contributed by atoms with Crippen molar-refractivity contribution in [2.75, 3.05) is 19.6 Å². The van der Waals surface area contributed by atoms with Crippen LogP contribution in [0.15, 0.2) is 0 Å². The molecule has 100 valence electrons. The van der Waals surface area contributed by atoms with Crippen molar-refractivity contribution in [2.24, 2.45) is 17.6 Å². The molecular formula is C13H26N2O2. The van der Waals surface area contributed by atoms with Gasteiger partial charge in [0, 0.05) is 19.6 Å². The van der Waals surface area contributed by atoms with Crippen molar-refractivity contribution in [3.8, 4) is 0 Å². The molecule has 0 aliphatic carbocycles. The van der Waals surface area contributed by atoms with Crippen LogP contribution in [0.1, 0.15) is 34.1 Å². The molecule has 1 fully saturated rings. The Bertz CT molecular complexity index is 246. The molecule has 1 rings (SSSR count). The van der Waals surface area contributed by atoms with Crippen LogP contribution >= 0.6 is 0 Å². The average Bonchev–Trinajstić information content (AvgIpc) is 2.23. The minimum absolute atomic E-state index is 0.0347. The third-order valence-electron chi connectivity index (χ3n) is 3.12. The predicted octanol–water partition coefficient (Wildman–Crippen LogP) is 1.24. The highest BCUT2D eigenvalue weighted by molar-refractivity contribution is 5.79. The summed E-state index contributed by atoms with van der Waals surface area (Å²) in [5, 5.41) is 0. The topological polar surface area (TPSA) is 55.6 Å². The van der Waals surface area contributed by atoms with Gasteiger partial charge >= 0.3 is 0 Å². The highest BCUT2D eigenvalue weighted by atomic mass is 16.5. The first-order valence-corrected chi connectivity index (χ1v) is 6.58. The molecule has 2 N–H and O–H groups in total. The summed E-state index contributed by atoms with van der Waals surface area (Å²) < 4.78 is 5.64. The van der Waals surface area contributed by atoms with Crippen LogP contribution in [0.2, 0.25) is 0 Å². The number of amides is 1. The number of nitrogens with two attached hydrogens (primary N) is 1. The van der Waals surface area contributed by atoms with Gasteiger partial charge in [0.25, 0.3) is 0 Å². The SMILES string of the molecule is CC(C)CC(CN)C(=O)N1C[C@@H](C)O[C@@H](C)C1. The fraction of sp³-hybridized carbons (Fsp3) is 0.923. The van der Waals surface area contributed by atoms with Gasteiger partial charge in [-0.25, -0.2) is 0 Å². The molecule has 1 unspecified atom stereocenters. The Hall–Kier alpha value is -0.610. The number of rotatable bonds is 4. The predicted molar refractivity (Wildman–Crippen MR) is 68.6 cm³/mol. The highest BCUT2D eigenvalue weighted by Crippen LogP contribution is 2.17. The van der Waals surface area contributed by atoms with E-state index in [9.17, 15) is 4.79 Å². The molecule has 1 saturated heterocycles. The number of nitrogens with zero attached hydrogens (tertiary/aromatic N) is 1. The maximum atomic E-state index is 12.3. The smallest absolute Gasteiger partial charge is 0.227 e. The Labute approximate surface area is 104 Å². The minimum atomic E-state index is -0.0347. The first kappa shape index (κ1) is 14.5. The van der Waals surface area contributed by atoms with Crippen molar-refractivity contribution in [3.05, 3.63) is 0 Å². The van der Waals surface area contributed by atoms with Gasteiger partial charge in [-0.1, -0.05) is 13.8 Å². The van der Waals surface area contributed by atoms with E-state index in [4.69, 9.17) is 10.5 Å². The van der Waals surface area contributed by atoms with E-state index in [0.29, 0.717) is 25.6 Å². The van der Waals surface area contributed by atoms with Gasteiger partial charge < -0.3 is 15.4 Å². The Morgan fingerprint density at radius 2 is 1.88 bits per heavy atom. The third kappa shape index (κ3) is 4.28. The van der Waals surface area contributed by atoms with Crippen molar-refractivity contribution in [1.82, 2.24) is 4.90 Å². The number of hydrogen-bond acceptors (Lipinski definition) is 3. The molecule has 0 radical (unpaired) electrons. The fourth-order valence-electron chi connectivity index (χ4n) is 2.48. The van der Waals surface area contributed by atoms with E-state index >= 15 is 0 Å². The molecule has 0 aromatic heterocycles. The van der Waals surface area contributed by atoms with Crippen LogP contribution in [0.3, 0.4) is 0 Å². The van der Waals surface area contributed by atoms with Crippen LogP contribution in [-0.4, -0.2) is 42.6 Å². The summed E-state index contributed by atoms with van der Waals surface area (Å²) in [5.74, 6) is 0.666.